The van der Waals surface area contributed by atoms with Crippen molar-refractivity contribution in [1.82, 2.24) is 20.1 Å². The Bertz CT molecular complexity index is 699. The predicted molar refractivity (Wildman–Crippen MR) is 104 cm³/mol. The highest BCUT2D eigenvalue weighted by atomic mass is 35.5. The zero-order chi connectivity index (χ0) is 17.2. The molecule has 2 fully saturated rings. The molecule has 1 aromatic heterocycles. The second-order valence-corrected chi connectivity index (χ2v) is 7.56. The number of carbonyl (C=O) groups is 1. The monoisotopic (exact) mass is 380 g/mol. The van der Waals surface area contributed by atoms with Crippen LogP contribution in [-0.2, 0) is 12.8 Å². The van der Waals surface area contributed by atoms with Crippen LogP contribution in [0.4, 0.5) is 0 Å². The molecule has 3 aliphatic rings. The molecule has 0 saturated carbocycles. The summed E-state index contributed by atoms with van der Waals surface area (Å²) in [6.45, 7) is 5.64. The number of halogens is 1. The summed E-state index contributed by atoms with van der Waals surface area (Å²) in [6.07, 6.45) is 6.35. The van der Waals surface area contributed by atoms with Gasteiger partial charge in [0.1, 0.15) is 5.56 Å². The van der Waals surface area contributed by atoms with Crippen molar-refractivity contribution in [2.24, 2.45) is 0 Å². The second kappa shape index (κ2) is 8.55. The van der Waals surface area contributed by atoms with Crippen LogP contribution in [0.1, 0.15) is 47.3 Å². The first-order valence-corrected chi connectivity index (χ1v) is 9.71. The van der Waals surface area contributed by atoms with Gasteiger partial charge in [0, 0.05) is 51.0 Å². The molecule has 1 amide bonds. The first kappa shape index (κ1) is 19.4. The number of pyridine rings is 1. The molecule has 6 nitrogen and oxygen atoms in total. The number of aryl methyl sites for hydroxylation is 2. The molecule has 0 radical (unpaired) electrons. The molecular formula is C19H29ClN4O2. The Kier molecular flexibility index (Phi) is 6.37. The highest BCUT2D eigenvalue weighted by molar-refractivity contribution is 5.94. The summed E-state index contributed by atoms with van der Waals surface area (Å²) in [5, 5.41) is 3.37. The average molecular weight is 381 g/mol. The van der Waals surface area contributed by atoms with Crippen LogP contribution < -0.4 is 10.9 Å². The van der Waals surface area contributed by atoms with E-state index in [1.165, 1.54) is 12.0 Å². The number of H-pyrrole nitrogens is 1. The SMILES string of the molecule is Cl.O=C(c1cc2c([nH]c1=O)CCCCC2)N1CCC(N2CCNCC2)C1. The number of carbonyl (C=O) groups excluding carboxylic acids is 1. The Morgan fingerprint density at radius 2 is 1.85 bits per heavy atom. The molecule has 0 aromatic carbocycles. The molecular weight excluding hydrogens is 352 g/mol. The first-order chi connectivity index (χ1) is 12.2. The van der Waals surface area contributed by atoms with Crippen molar-refractivity contribution in [2.45, 2.75) is 44.6 Å². The fourth-order valence-corrected chi connectivity index (χ4v) is 4.45. The lowest BCUT2D eigenvalue weighted by molar-refractivity contribution is 0.0771. The summed E-state index contributed by atoms with van der Waals surface area (Å²) in [4.78, 5) is 32.8. The molecule has 2 saturated heterocycles. The van der Waals surface area contributed by atoms with Gasteiger partial charge in [-0.3, -0.25) is 14.5 Å². The van der Waals surface area contributed by atoms with Gasteiger partial charge in [-0.05, 0) is 43.7 Å². The van der Waals surface area contributed by atoms with Gasteiger partial charge in [0.25, 0.3) is 11.5 Å². The van der Waals surface area contributed by atoms with Gasteiger partial charge in [-0.1, -0.05) is 6.42 Å². The number of fused-ring (bicyclic) bond motifs is 1. The smallest absolute Gasteiger partial charge is 0.261 e. The minimum atomic E-state index is -0.212. The van der Waals surface area contributed by atoms with Crippen LogP contribution in [0.5, 0.6) is 0 Å². The van der Waals surface area contributed by atoms with Gasteiger partial charge in [0.15, 0.2) is 0 Å². The number of hydrogen-bond donors (Lipinski definition) is 2. The molecule has 26 heavy (non-hydrogen) atoms. The van der Waals surface area contributed by atoms with E-state index in [1.54, 1.807) is 0 Å². The van der Waals surface area contributed by atoms with E-state index in [9.17, 15) is 9.59 Å². The fourth-order valence-electron chi connectivity index (χ4n) is 4.45. The van der Waals surface area contributed by atoms with E-state index in [4.69, 9.17) is 0 Å². The number of aromatic nitrogens is 1. The van der Waals surface area contributed by atoms with E-state index >= 15 is 0 Å². The molecule has 0 bridgehead atoms. The van der Waals surface area contributed by atoms with Gasteiger partial charge in [0.05, 0.1) is 0 Å². The van der Waals surface area contributed by atoms with E-state index in [2.05, 4.69) is 15.2 Å². The van der Waals surface area contributed by atoms with E-state index < -0.39 is 0 Å². The number of amides is 1. The Labute approximate surface area is 160 Å². The highest BCUT2D eigenvalue weighted by Crippen LogP contribution is 2.21. The summed E-state index contributed by atoms with van der Waals surface area (Å²) in [7, 11) is 0. The normalized spacial score (nSPS) is 23.8. The lowest BCUT2D eigenvalue weighted by Gasteiger charge is -2.32. The van der Waals surface area contributed by atoms with E-state index in [0.717, 1.165) is 77.1 Å². The van der Waals surface area contributed by atoms with Crippen molar-refractivity contribution in [3.63, 3.8) is 0 Å². The minimum absolute atomic E-state index is 0. The maximum atomic E-state index is 12.9. The average Bonchev–Trinajstić information content (AvgIpc) is 3.02. The third-order valence-corrected chi connectivity index (χ3v) is 5.94. The van der Waals surface area contributed by atoms with Crippen molar-refractivity contribution < 1.29 is 4.79 Å². The number of aromatic amines is 1. The number of nitrogens with one attached hydrogen (secondary N) is 2. The van der Waals surface area contributed by atoms with Crippen LogP contribution in [-0.4, -0.2) is 66.0 Å². The minimum Gasteiger partial charge on any atom is -0.337 e. The number of nitrogens with zero attached hydrogens (tertiary/aromatic N) is 2. The van der Waals surface area contributed by atoms with Gasteiger partial charge in [0.2, 0.25) is 0 Å². The Hall–Kier alpha value is -1.37. The third kappa shape index (κ3) is 3.97. The molecule has 144 valence electrons. The number of hydrogen-bond acceptors (Lipinski definition) is 4. The molecule has 1 aliphatic carbocycles. The third-order valence-electron chi connectivity index (χ3n) is 5.94. The van der Waals surface area contributed by atoms with Crippen molar-refractivity contribution in [3.05, 3.63) is 33.2 Å². The van der Waals surface area contributed by atoms with Crippen molar-refractivity contribution in [1.29, 1.82) is 0 Å². The zero-order valence-electron chi connectivity index (χ0n) is 15.3. The maximum absolute atomic E-state index is 12.9. The number of piperazine rings is 1. The Balaban J connectivity index is 0.00000196. The largest absolute Gasteiger partial charge is 0.337 e. The summed E-state index contributed by atoms with van der Waals surface area (Å²) >= 11 is 0. The fraction of sp³-hybridized carbons (Fsp3) is 0.684. The van der Waals surface area contributed by atoms with E-state index in [1.807, 2.05) is 11.0 Å². The van der Waals surface area contributed by atoms with E-state index in [-0.39, 0.29) is 23.9 Å². The van der Waals surface area contributed by atoms with Crippen LogP contribution in [0.15, 0.2) is 10.9 Å². The predicted octanol–water partition coefficient (Wildman–Crippen LogP) is 1.19. The van der Waals surface area contributed by atoms with Gasteiger partial charge in [-0.2, -0.15) is 0 Å². The summed E-state index contributed by atoms with van der Waals surface area (Å²) in [5.41, 5.74) is 2.33. The molecule has 7 heteroatoms. The first-order valence-electron chi connectivity index (χ1n) is 9.71. The van der Waals surface area contributed by atoms with Crippen molar-refractivity contribution >= 4 is 18.3 Å². The Morgan fingerprint density at radius 3 is 2.65 bits per heavy atom. The summed E-state index contributed by atoms with van der Waals surface area (Å²) < 4.78 is 0. The van der Waals surface area contributed by atoms with Crippen LogP contribution in [0.2, 0.25) is 0 Å². The summed E-state index contributed by atoms with van der Waals surface area (Å²) in [6, 6.07) is 2.31. The maximum Gasteiger partial charge on any atom is 0.261 e. The molecule has 1 atom stereocenters. The number of likely N-dealkylation sites (tertiary alicyclic amines) is 1. The highest BCUT2D eigenvalue weighted by Gasteiger charge is 2.32. The Morgan fingerprint density at radius 1 is 1.08 bits per heavy atom. The van der Waals surface area contributed by atoms with Crippen LogP contribution in [0.3, 0.4) is 0 Å². The molecule has 1 unspecified atom stereocenters. The van der Waals surface area contributed by atoms with Crippen molar-refractivity contribution in [2.75, 3.05) is 39.3 Å². The topological polar surface area (TPSA) is 68.4 Å². The van der Waals surface area contributed by atoms with Crippen LogP contribution in [0.25, 0.3) is 0 Å². The standard InChI is InChI=1S/C19H28N4O2.ClH/c24-18-16(12-14-4-2-1-3-5-17(14)21-18)19(25)23-9-6-15(13-23)22-10-7-20-8-11-22;/h12,15,20H,1-11,13H2,(H,21,24);1H. The summed E-state index contributed by atoms with van der Waals surface area (Å²) in [5.74, 6) is -0.0917. The lowest BCUT2D eigenvalue weighted by Crippen LogP contribution is -2.49. The molecule has 3 heterocycles. The molecule has 1 aromatic rings. The zero-order valence-corrected chi connectivity index (χ0v) is 16.1. The molecule has 4 rings (SSSR count). The quantitative estimate of drug-likeness (QED) is 0.756. The van der Waals surface area contributed by atoms with Gasteiger partial charge in [-0.15, -0.1) is 12.4 Å². The molecule has 0 spiro atoms. The van der Waals surface area contributed by atoms with Crippen LogP contribution in [0, 0.1) is 0 Å². The lowest BCUT2D eigenvalue weighted by atomic mass is 10.1. The van der Waals surface area contributed by atoms with Crippen LogP contribution >= 0.6 is 12.4 Å². The molecule has 2 aliphatic heterocycles. The molecule has 2 N–H and O–H groups in total. The van der Waals surface area contributed by atoms with Crippen molar-refractivity contribution in [3.8, 4) is 0 Å². The second-order valence-electron chi connectivity index (χ2n) is 7.56. The van der Waals surface area contributed by atoms with E-state index in [0.29, 0.717) is 11.6 Å². The van der Waals surface area contributed by atoms with Gasteiger partial charge in [-0.25, -0.2) is 0 Å². The number of rotatable bonds is 2. The van der Waals surface area contributed by atoms with Gasteiger partial charge >= 0.3 is 0 Å². The van der Waals surface area contributed by atoms with Gasteiger partial charge < -0.3 is 15.2 Å².